The molecule has 0 amide bonds. The summed E-state index contributed by atoms with van der Waals surface area (Å²) in [4.78, 5) is 0. The van der Waals surface area contributed by atoms with E-state index >= 15 is 0 Å². The summed E-state index contributed by atoms with van der Waals surface area (Å²) in [6, 6.07) is 6.05. The molecule has 4 N–H and O–H groups in total. The second kappa shape index (κ2) is 5.03. The maximum atomic E-state index is 9.25. The lowest BCUT2D eigenvalue weighted by molar-refractivity contribution is 0.179. The summed E-state index contributed by atoms with van der Waals surface area (Å²) in [5.74, 6) is 0. The van der Waals surface area contributed by atoms with E-state index in [1.807, 2.05) is 25.1 Å². The van der Waals surface area contributed by atoms with Crippen LogP contribution in [-0.2, 0) is 0 Å². The van der Waals surface area contributed by atoms with E-state index < -0.39 is 0 Å². The van der Waals surface area contributed by atoms with Crippen molar-refractivity contribution in [3.63, 3.8) is 0 Å². The summed E-state index contributed by atoms with van der Waals surface area (Å²) < 4.78 is 0. The number of aliphatic hydroxyl groups is 1. The zero-order chi connectivity index (χ0) is 11.4. The Labute approximate surface area is 91.3 Å². The number of hydrogen-bond acceptors (Lipinski definition) is 3. The zero-order valence-electron chi connectivity index (χ0n) is 9.62. The topological polar surface area (TPSA) is 58.3 Å². The first-order chi connectivity index (χ1) is 6.99. The Morgan fingerprint density at radius 1 is 1.40 bits per heavy atom. The molecule has 1 rings (SSSR count). The predicted molar refractivity (Wildman–Crippen MR) is 65.0 cm³/mol. The van der Waals surface area contributed by atoms with Gasteiger partial charge in [-0.3, -0.25) is 0 Å². The molecule has 0 aliphatic rings. The Bertz CT molecular complexity index is 323. The fourth-order valence-corrected chi connectivity index (χ4v) is 1.68. The number of rotatable bonds is 4. The number of aryl methyl sites for hydroxylation is 1. The normalized spacial score (nSPS) is 14.7. The van der Waals surface area contributed by atoms with E-state index in [-0.39, 0.29) is 12.1 Å². The molecular weight excluding hydrogens is 188 g/mol. The van der Waals surface area contributed by atoms with Crippen LogP contribution in [0.1, 0.15) is 25.8 Å². The summed E-state index contributed by atoms with van der Waals surface area (Å²) in [7, 11) is 0. The number of anilines is 2. The van der Waals surface area contributed by atoms with Crippen LogP contribution in [-0.4, -0.2) is 17.3 Å². The van der Waals surface area contributed by atoms with Gasteiger partial charge in [-0.15, -0.1) is 0 Å². The SMILES string of the molecule is Cc1cc(N)ccc1NC(C)CC(C)O. The van der Waals surface area contributed by atoms with E-state index in [0.29, 0.717) is 0 Å². The molecule has 15 heavy (non-hydrogen) atoms. The lowest BCUT2D eigenvalue weighted by Gasteiger charge is -2.18. The number of nitrogen functional groups attached to an aromatic ring is 1. The van der Waals surface area contributed by atoms with Crippen LogP contribution < -0.4 is 11.1 Å². The Morgan fingerprint density at radius 3 is 2.60 bits per heavy atom. The van der Waals surface area contributed by atoms with Crippen molar-refractivity contribution < 1.29 is 5.11 Å². The molecule has 0 aliphatic heterocycles. The first-order valence-electron chi connectivity index (χ1n) is 5.29. The van der Waals surface area contributed by atoms with Gasteiger partial charge < -0.3 is 16.2 Å². The van der Waals surface area contributed by atoms with E-state index in [1.165, 1.54) is 0 Å². The lowest BCUT2D eigenvalue weighted by Crippen LogP contribution is -2.21. The summed E-state index contributed by atoms with van der Waals surface area (Å²) >= 11 is 0. The fourth-order valence-electron chi connectivity index (χ4n) is 1.68. The van der Waals surface area contributed by atoms with Crippen molar-refractivity contribution in [2.45, 2.75) is 39.3 Å². The van der Waals surface area contributed by atoms with Crippen LogP contribution in [0.25, 0.3) is 0 Å². The van der Waals surface area contributed by atoms with Gasteiger partial charge in [0.25, 0.3) is 0 Å². The molecule has 0 bridgehead atoms. The molecule has 2 unspecified atom stereocenters. The first kappa shape index (κ1) is 11.9. The highest BCUT2D eigenvalue weighted by Crippen LogP contribution is 2.19. The number of nitrogens with two attached hydrogens (primary N) is 1. The summed E-state index contributed by atoms with van der Waals surface area (Å²) in [5, 5.41) is 12.6. The second-order valence-corrected chi connectivity index (χ2v) is 4.20. The molecule has 1 aromatic rings. The Hall–Kier alpha value is -1.22. The highest BCUT2D eigenvalue weighted by atomic mass is 16.3. The van der Waals surface area contributed by atoms with Gasteiger partial charge in [0, 0.05) is 17.4 Å². The van der Waals surface area contributed by atoms with Crippen LogP contribution in [0, 0.1) is 6.92 Å². The van der Waals surface area contributed by atoms with E-state index in [1.54, 1.807) is 6.92 Å². The van der Waals surface area contributed by atoms with Crippen LogP contribution in [0.15, 0.2) is 18.2 Å². The average molecular weight is 208 g/mol. The third kappa shape index (κ3) is 3.80. The van der Waals surface area contributed by atoms with Crippen LogP contribution in [0.5, 0.6) is 0 Å². The van der Waals surface area contributed by atoms with Crippen LogP contribution in [0.4, 0.5) is 11.4 Å². The Kier molecular flexibility index (Phi) is 3.97. The minimum atomic E-state index is -0.276. The van der Waals surface area contributed by atoms with E-state index in [2.05, 4.69) is 12.2 Å². The van der Waals surface area contributed by atoms with Crippen molar-refractivity contribution in [1.29, 1.82) is 0 Å². The van der Waals surface area contributed by atoms with Crippen LogP contribution in [0.3, 0.4) is 0 Å². The second-order valence-electron chi connectivity index (χ2n) is 4.20. The molecule has 3 heteroatoms. The quantitative estimate of drug-likeness (QED) is 0.664. The predicted octanol–water partition coefficient (Wildman–Crippen LogP) is 2.15. The molecule has 0 saturated carbocycles. The van der Waals surface area contributed by atoms with Gasteiger partial charge >= 0.3 is 0 Å². The molecule has 0 radical (unpaired) electrons. The van der Waals surface area contributed by atoms with Gasteiger partial charge in [0.15, 0.2) is 0 Å². The molecule has 0 heterocycles. The van der Waals surface area contributed by atoms with Gasteiger partial charge in [0.05, 0.1) is 6.10 Å². The van der Waals surface area contributed by atoms with Gasteiger partial charge in [-0.25, -0.2) is 0 Å². The van der Waals surface area contributed by atoms with Crippen molar-refractivity contribution in [2.75, 3.05) is 11.1 Å². The maximum Gasteiger partial charge on any atom is 0.0531 e. The van der Waals surface area contributed by atoms with Crippen molar-refractivity contribution in [2.24, 2.45) is 0 Å². The molecule has 0 fully saturated rings. The monoisotopic (exact) mass is 208 g/mol. The molecule has 0 spiro atoms. The molecular formula is C12H20N2O. The molecule has 1 aromatic carbocycles. The highest BCUT2D eigenvalue weighted by Gasteiger charge is 2.07. The van der Waals surface area contributed by atoms with Gasteiger partial charge in [-0.2, -0.15) is 0 Å². The molecule has 3 nitrogen and oxygen atoms in total. The van der Waals surface area contributed by atoms with E-state index in [9.17, 15) is 5.11 Å². The fraction of sp³-hybridized carbons (Fsp3) is 0.500. The van der Waals surface area contributed by atoms with Crippen molar-refractivity contribution >= 4 is 11.4 Å². The summed E-state index contributed by atoms with van der Waals surface area (Å²) in [5.41, 5.74) is 8.66. The third-order valence-electron chi connectivity index (χ3n) is 2.35. The minimum Gasteiger partial charge on any atom is -0.399 e. The largest absolute Gasteiger partial charge is 0.399 e. The number of benzene rings is 1. The van der Waals surface area contributed by atoms with E-state index in [4.69, 9.17) is 5.73 Å². The highest BCUT2D eigenvalue weighted by molar-refractivity contribution is 5.57. The third-order valence-corrected chi connectivity index (χ3v) is 2.35. The van der Waals surface area contributed by atoms with Crippen molar-refractivity contribution in [3.05, 3.63) is 23.8 Å². The minimum absolute atomic E-state index is 0.257. The first-order valence-corrected chi connectivity index (χ1v) is 5.29. The summed E-state index contributed by atoms with van der Waals surface area (Å²) in [6.45, 7) is 5.88. The lowest BCUT2D eigenvalue weighted by atomic mass is 10.1. The van der Waals surface area contributed by atoms with Crippen molar-refractivity contribution in [1.82, 2.24) is 0 Å². The van der Waals surface area contributed by atoms with Crippen LogP contribution in [0.2, 0.25) is 0 Å². The molecule has 84 valence electrons. The number of nitrogens with one attached hydrogen (secondary N) is 1. The maximum absolute atomic E-state index is 9.25. The number of hydrogen-bond donors (Lipinski definition) is 3. The summed E-state index contributed by atoms with van der Waals surface area (Å²) in [6.07, 6.45) is 0.464. The van der Waals surface area contributed by atoms with Crippen molar-refractivity contribution in [3.8, 4) is 0 Å². The Morgan fingerprint density at radius 2 is 2.07 bits per heavy atom. The van der Waals surface area contributed by atoms with Gasteiger partial charge in [0.1, 0.15) is 0 Å². The van der Waals surface area contributed by atoms with Gasteiger partial charge in [-0.05, 0) is 51.0 Å². The number of aliphatic hydroxyl groups excluding tert-OH is 1. The molecule has 0 aliphatic carbocycles. The standard InChI is InChI=1S/C12H20N2O/c1-8-6-11(13)4-5-12(8)14-9(2)7-10(3)15/h4-6,9-10,14-15H,7,13H2,1-3H3. The molecule has 2 atom stereocenters. The van der Waals surface area contributed by atoms with E-state index in [0.717, 1.165) is 23.4 Å². The molecule has 0 aromatic heterocycles. The van der Waals surface area contributed by atoms with Gasteiger partial charge in [-0.1, -0.05) is 0 Å². The average Bonchev–Trinajstić information content (AvgIpc) is 2.08. The molecule has 0 saturated heterocycles. The van der Waals surface area contributed by atoms with Gasteiger partial charge in [0.2, 0.25) is 0 Å². The van der Waals surface area contributed by atoms with Crippen LogP contribution >= 0.6 is 0 Å². The smallest absolute Gasteiger partial charge is 0.0531 e. The Balaban J connectivity index is 2.64. The zero-order valence-corrected chi connectivity index (χ0v) is 9.62.